The quantitative estimate of drug-likeness (QED) is 0.341. The van der Waals surface area contributed by atoms with E-state index in [1.807, 2.05) is 32.1 Å². The second-order valence-corrected chi connectivity index (χ2v) is 6.05. The lowest BCUT2D eigenvalue weighted by Crippen LogP contribution is -1.99. The van der Waals surface area contributed by atoms with Crippen LogP contribution in [0.15, 0.2) is 54.4 Å². The molecular formula is C22H28O3. The van der Waals surface area contributed by atoms with Crippen LogP contribution in [0.25, 0.3) is 5.57 Å². The summed E-state index contributed by atoms with van der Waals surface area (Å²) in [6.45, 7) is 16.8. The third-order valence-corrected chi connectivity index (χ3v) is 4.42. The second kappa shape index (κ2) is 8.43. The SMILES string of the molecule is C=C(O)/C(=C\C(=C)/C(=C/C=C\C)CC)c1c(C)c(O)c(C)c(C)c1O. The van der Waals surface area contributed by atoms with Gasteiger partial charge in [-0.05, 0) is 62.5 Å². The Morgan fingerprint density at radius 3 is 2.04 bits per heavy atom. The van der Waals surface area contributed by atoms with Crippen molar-refractivity contribution in [2.45, 2.75) is 41.0 Å². The molecule has 0 fully saturated rings. The molecule has 0 bridgehead atoms. The highest BCUT2D eigenvalue weighted by Crippen LogP contribution is 2.42. The molecule has 0 saturated heterocycles. The first-order chi connectivity index (χ1) is 11.7. The highest BCUT2D eigenvalue weighted by Gasteiger charge is 2.21. The summed E-state index contributed by atoms with van der Waals surface area (Å²) in [4.78, 5) is 0. The molecule has 0 aliphatic heterocycles. The zero-order chi connectivity index (χ0) is 19.3. The van der Waals surface area contributed by atoms with E-state index in [4.69, 9.17) is 0 Å². The maximum absolute atomic E-state index is 10.6. The summed E-state index contributed by atoms with van der Waals surface area (Å²) >= 11 is 0. The van der Waals surface area contributed by atoms with E-state index in [1.54, 1.807) is 26.8 Å². The smallest absolute Gasteiger partial charge is 0.127 e. The number of aliphatic hydroxyl groups excluding tert-OH is 1. The van der Waals surface area contributed by atoms with Crippen molar-refractivity contribution in [1.82, 2.24) is 0 Å². The van der Waals surface area contributed by atoms with Crippen LogP contribution in [0.1, 0.15) is 42.5 Å². The monoisotopic (exact) mass is 340 g/mol. The highest BCUT2D eigenvalue weighted by atomic mass is 16.3. The average Bonchev–Trinajstić information content (AvgIpc) is 2.58. The molecule has 0 heterocycles. The summed E-state index contributed by atoms with van der Waals surface area (Å²) in [6, 6.07) is 0. The van der Waals surface area contributed by atoms with Crippen LogP contribution < -0.4 is 0 Å². The topological polar surface area (TPSA) is 60.7 Å². The van der Waals surface area contributed by atoms with Crippen LogP contribution in [0, 0.1) is 20.8 Å². The van der Waals surface area contributed by atoms with Crippen LogP contribution in [0.3, 0.4) is 0 Å². The molecule has 0 saturated carbocycles. The molecule has 0 unspecified atom stereocenters. The molecular weight excluding hydrogens is 312 g/mol. The van der Waals surface area contributed by atoms with E-state index in [9.17, 15) is 15.3 Å². The molecule has 25 heavy (non-hydrogen) atoms. The first-order valence-corrected chi connectivity index (χ1v) is 8.30. The van der Waals surface area contributed by atoms with Gasteiger partial charge >= 0.3 is 0 Å². The predicted molar refractivity (Wildman–Crippen MR) is 106 cm³/mol. The Morgan fingerprint density at radius 2 is 1.56 bits per heavy atom. The van der Waals surface area contributed by atoms with Crippen LogP contribution >= 0.6 is 0 Å². The molecule has 3 heteroatoms. The van der Waals surface area contributed by atoms with Crippen molar-refractivity contribution in [3.05, 3.63) is 76.6 Å². The van der Waals surface area contributed by atoms with Gasteiger partial charge in [-0.2, -0.15) is 0 Å². The minimum absolute atomic E-state index is 0.0255. The van der Waals surface area contributed by atoms with Gasteiger partial charge in [0.1, 0.15) is 17.3 Å². The first kappa shape index (κ1) is 20.4. The standard InChI is InChI=1S/C22H28O3/c1-8-10-11-18(9-2)13(3)12-19(17(7)23)20-16(6)21(24)14(4)15(5)22(20)25/h8,10-12,23-25H,3,7,9H2,1-2,4-6H3/b10-8-,18-11+,19-12+. The Morgan fingerprint density at radius 1 is 1.00 bits per heavy atom. The largest absolute Gasteiger partial charge is 0.508 e. The minimum Gasteiger partial charge on any atom is -0.508 e. The molecule has 3 N–H and O–H groups in total. The van der Waals surface area contributed by atoms with Crippen molar-refractivity contribution >= 4 is 5.57 Å². The molecule has 0 aliphatic rings. The highest BCUT2D eigenvalue weighted by molar-refractivity contribution is 5.86. The van der Waals surface area contributed by atoms with E-state index in [-0.39, 0.29) is 17.3 Å². The summed E-state index contributed by atoms with van der Waals surface area (Å²) in [5.74, 6) is -0.0653. The normalized spacial score (nSPS) is 12.7. The van der Waals surface area contributed by atoms with Gasteiger partial charge < -0.3 is 15.3 Å². The molecule has 3 nitrogen and oxygen atoms in total. The number of rotatable bonds is 6. The zero-order valence-electron chi connectivity index (χ0n) is 15.8. The summed E-state index contributed by atoms with van der Waals surface area (Å²) in [5.41, 5.74) is 4.10. The van der Waals surface area contributed by atoms with Gasteiger partial charge in [0.15, 0.2) is 0 Å². The van der Waals surface area contributed by atoms with Gasteiger partial charge in [0.05, 0.1) is 0 Å². The Bertz CT molecular complexity index is 761. The van der Waals surface area contributed by atoms with E-state index in [2.05, 4.69) is 13.2 Å². The number of aliphatic hydroxyl groups is 1. The van der Waals surface area contributed by atoms with Gasteiger partial charge in [0.2, 0.25) is 0 Å². The fourth-order valence-electron chi connectivity index (χ4n) is 2.68. The van der Waals surface area contributed by atoms with E-state index in [0.29, 0.717) is 33.4 Å². The molecule has 0 atom stereocenters. The van der Waals surface area contributed by atoms with Crippen molar-refractivity contribution in [3.8, 4) is 11.5 Å². The number of allylic oxidation sites excluding steroid dienone is 7. The van der Waals surface area contributed by atoms with Gasteiger partial charge in [-0.3, -0.25) is 0 Å². The summed E-state index contributed by atoms with van der Waals surface area (Å²) in [6.07, 6.45) is 8.28. The number of hydrogen-bond acceptors (Lipinski definition) is 3. The molecule has 1 aromatic rings. The molecule has 134 valence electrons. The summed E-state index contributed by atoms with van der Waals surface area (Å²) in [5, 5.41) is 31.0. The van der Waals surface area contributed by atoms with Crippen molar-refractivity contribution in [2.24, 2.45) is 0 Å². The lowest BCUT2D eigenvalue weighted by Gasteiger charge is -2.18. The average molecular weight is 340 g/mol. The van der Waals surface area contributed by atoms with E-state index in [1.165, 1.54) is 0 Å². The lowest BCUT2D eigenvalue weighted by atomic mass is 9.90. The number of aromatic hydroxyl groups is 2. The van der Waals surface area contributed by atoms with Crippen molar-refractivity contribution < 1.29 is 15.3 Å². The third-order valence-electron chi connectivity index (χ3n) is 4.42. The van der Waals surface area contributed by atoms with Gasteiger partial charge in [-0.1, -0.05) is 38.3 Å². The molecule has 0 aliphatic carbocycles. The molecule has 0 aromatic heterocycles. The number of phenols is 2. The maximum Gasteiger partial charge on any atom is 0.127 e. The van der Waals surface area contributed by atoms with Crippen molar-refractivity contribution in [2.75, 3.05) is 0 Å². The first-order valence-electron chi connectivity index (χ1n) is 8.30. The third kappa shape index (κ3) is 4.24. The van der Waals surface area contributed by atoms with Gasteiger partial charge in [0, 0.05) is 16.7 Å². The van der Waals surface area contributed by atoms with Crippen LogP contribution in [0.4, 0.5) is 0 Å². The lowest BCUT2D eigenvalue weighted by molar-refractivity contribution is 0.434. The zero-order valence-corrected chi connectivity index (χ0v) is 15.8. The van der Waals surface area contributed by atoms with Crippen LogP contribution in [0.5, 0.6) is 11.5 Å². The fourth-order valence-corrected chi connectivity index (χ4v) is 2.68. The van der Waals surface area contributed by atoms with Crippen LogP contribution in [0.2, 0.25) is 0 Å². The number of hydrogen-bond donors (Lipinski definition) is 3. The van der Waals surface area contributed by atoms with Crippen LogP contribution in [-0.4, -0.2) is 15.3 Å². The van der Waals surface area contributed by atoms with Gasteiger partial charge in [-0.25, -0.2) is 0 Å². The Hall–Kier alpha value is -2.68. The maximum atomic E-state index is 10.6. The second-order valence-electron chi connectivity index (χ2n) is 6.05. The summed E-state index contributed by atoms with van der Waals surface area (Å²) in [7, 11) is 0. The summed E-state index contributed by atoms with van der Waals surface area (Å²) < 4.78 is 0. The Kier molecular flexibility index (Phi) is 6.86. The van der Waals surface area contributed by atoms with Crippen molar-refractivity contribution in [3.63, 3.8) is 0 Å². The van der Waals surface area contributed by atoms with Gasteiger partial charge in [0.25, 0.3) is 0 Å². The number of phenolic OH excluding ortho intramolecular Hbond substituents is 2. The minimum atomic E-state index is -0.191. The Labute approximate surface area is 150 Å². The molecule has 0 spiro atoms. The molecule has 0 radical (unpaired) electrons. The Balaban J connectivity index is 3.65. The number of benzene rings is 1. The van der Waals surface area contributed by atoms with E-state index < -0.39 is 0 Å². The van der Waals surface area contributed by atoms with Crippen molar-refractivity contribution in [1.29, 1.82) is 0 Å². The molecule has 1 aromatic carbocycles. The molecule has 0 amide bonds. The van der Waals surface area contributed by atoms with Gasteiger partial charge in [-0.15, -0.1) is 0 Å². The van der Waals surface area contributed by atoms with E-state index >= 15 is 0 Å². The fraction of sp³-hybridized carbons (Fsp3) is 0.273. The van der Waals surface area contributed by atoms with Crippen LogP contribution in [-0.2, 0) is 0 Å². The molecule has 1 rings (SSSR count). The predicted octanol–water partition coefficient (Wildman–Crippen LogP) is 5.95. The van der Waals surface area contributed by atoms with E-state index in [0.717, 1.165) is 12.0 Å².